The van der Waals surface area contributed by atoms with Gasteiger partial charge < -0.3 is 15.6 Å². The van der Waals surface area contributed by atoms with Crippen molar-refractivity contribution >= 4 is 5.82 Å². The highest BCUT2D eigenvalue weighted by Gasteiger charge is 2.08. The molecule has 21 heavy (non-hydrogen) atoms. The summed E-state index contributed by atoms with van der Waals surface area (Å²) in [4.78, 5) is 16.2. The second-order valence-corrected chi connectivity index (χ2v) is 5.07. The molecule has 2 aromatic rings. The molecule has 112 valence electrons. The van der Waals surface area contributed by atoms with E-state index >= 15 is 0 Å². The SMILES string of the molecule is CC(C)n1ccnc(NCc2ccc(CN)cc2F)c1=O. The van der Waals surface area contributed by atoms with Gasteiger partial charge in [0.25, 0.3) is 5.56 Å². The summed E-state index contributed by atoms with van der Waals surface area (Å²) in [5.41, 5.74) is 6.44. The van der Waals surface area contributed by atoms with Crippen LogP contribution in [-0.2, 0) is 13.1 Å². The molecule has 3 N–H and O–H groups in total. The van der Waals surface area contributed by atoms with E-state index in [1.54, 1.807) is 29.1 Å². The van der Waals surface area contributed by atoms with Crippen LogP contribution in [0, 0.1) is 5.82 Å². The lowest BCUT2D eigenvalue weighted by Gasteiger charge is -2.12. The van der Waals surface area contributed by atoms with Crippen molar-refractivity contribution in [2.24, 2.45) is 5.73 Å². The summed E-state index contributed by atoms with van der Waals surface area (Å²) in [5.74, 6) is -0.126. The van der Waals surface area contributed by atoms with Gasteiger partial charge in [0.2, 0.25) is 0 Å². The minimum atomic E-state index is -0.342. The Bertz CT molecular complexity index is 682. The maximum Gasteiger partial charge on any atom is 0.293 e. The van der Waals surface area contributed by atoms with Crippen LogP contribution in [0.4, 0.5) is 10.2 Å². The van der Waals surface area contributed by atoms with E-state index in [0.29, 0.717) is 12.1 Å². The molecule has 0 radical (unpaired) electrons. The number of aromatic nitrogens is 2. The first-order chi connectivity index (χ1) is 10.0. The molecule has 0 atom stereocenters. The maximum atomic E-state index is 13.8. The van der Waals surface area contributed by atoms with E-state index in [2.05, 4.69) is 10.3 Å². The summed E-state index contributed by atoms with van der Waals surface area (Å²) in [6, 6.07) is 4.88. The second-order valence-electron chi connectivity index (χ2n) is 5.07. The lowest BCUT2D eigenvalue weighted by Crippen LogP contribution is -2.25. The van der Waals surface area contributed by atoms with Crippen molar-refractivity contribution in [2.75, 3.05) is 5.32 Å². The van der Waals surface area contributed by atoms with Gasteiger partial charge in [0.05, 0.1) is 0 Å². The molecule has 0 fully saturated rings. The number of rotatable bonds is 5. The van der Waals surface area contributed by atoms with E-state index in [4.69, 9.17) is 5.73 Å². The zero-order chi connectivity index (χ0) is 15.4. The van der Waals surface area contributed by atoms with Gasteiger partial charge in [-0.2, -0.15) is 0 Å². The highest BCUT2D eigenvalue weighted by atomic mass is 19.1. The number of benzene rings is 1. The van der Waals surface area contributed by atoms with Crippen molar-refractivity contribution in [3.63, 3.8) is 0 Å². The molecule has 1 heterocycles. The molecule has 0 bridgehead atoms. The van der Waals surface area contributed by atoms with E-state index in [1.165, 1.54) is 6.07 Å². The molecule has 1 aromatic heterocycles. The highest BCUT2D eigenvalue weighted by molar-refractivity contribution is 5.34. The average molecular weight is 290 g/mol. The number of nitrogens with zero attached hydrogens (tertiary/aromatic N) is 2. The number of halogens is 1. The molecule has 0 spiro atoms. The fourth-order valence-electron chi connectivity index (χ4n) is 1.99. The Morgan fingerprint density at radius 2 is 2.19 bits per heavy atom. The first-order valence-electron chi connectivity index (χ1n) is 6.81. The van der Waals surface area contributed by atoms with Crippen molar-refractivity contribution in [1.82, 2.24) is 9.55 Å². The predicted octanol–water partition coefficient (Wildman–Crippen LogP) is 2.03. The third-order valence-electron chi connectivity index (χ3n) is 3.22. The summed E-state index contributed by atoms with van der Waals surface area (Å²) in [6.07, 6.45) is 3.19. The van der Waals surface area contributed by atoms with Gasteiger partial charge in [0, 0.05) is 37.1 Å². The quantitative estimate of drug-likeness (QED) is 0.883. The summed E-state index contributed by atoms with van der Waals surface area (Å²) in [7, 11) is 0. The minimum absolute atomic E-state index is 0.0432. The van der Waals surface area contributed by atoms with E-state index < -0.39 is 0 Å². The molecule has 0 aliphatic rings. The van der Waals surface area contributed by atoms with Crippen LogP contribution in [0.1, 0.15) is 31.0 Å². The van der Waals surface area contributed by atoms with E-state index in [1.807, 2.05) is 13.8 Å². The Labute approximate surface area is 122 Å². The molecule has 5 nitrogen and oxygen atoms in total. The van der Waals surface area contributed by atoms with Crippen LogP contribution in [0.25, 0.3) is 0 Å². The summed E-state index contributed by atoms with van der Waals surface area (Å²) < 4.78 is 15.4. The van der Waals surface area contributed by atoms with Gasteiger partial charge in [-0.3, -0.25) is 4.79 Å². The van der Waals surface area contributed by atoms with Crippen LogP contribution in [0.5, 0.6) is 0 Å². The third-order valence-corrected chi connectivity index (χ3v) is 3.22. The normalized spacial score (nSPS) is 10.9. The van der Waals surface area contributed by atoms with Gasteiger partial charge in [-0.05, 0) is 25.5 Å². The van der Waals surface area contributed by atoms with Crippen molar-refractivity contribution in [3.05, 3.63) is 57.9 Å². The predicted molar refractivity (Wildman–Crippen MR) is 80.5 cm³/mol. The lowest BCUT2D eigenvalue weighted by atomic mass is 10.1. The number of nitrogens with one attached hydrogen (secondary N) is 1. The first-order valence-corrected chi connectivity index (χ1v) is 6.81. The second kappa shape index (κ2) is 6.49. The first kappa shape index (κ1) is 15.2. The van der Waals surface area contributed by atoms with Crippen molar-refractivity contribution in [1.29, 1.82) is 0 Å². The molecule has 0 amide bonds. The van der Waals surface area contributed by atoms with Gasteiger partial charge in [0.1, 0.15) is 5.82 Å². The molecular formula is C15H19FN4O. The van der Waals surface area contributed by atoms with E-state index in [9.17, 15) is 9.18 Å². The minimum Gasteiger partial charge on any atom is -0.361 e. The smallest absolute Gasteiger partial charge is 0.293 e. The Morgan fingerprint density at radius 3 is 2.81 bits per heavy atom. The van der Waals surface area contributed by atoms with Crippen LogP contribution < -0.4 is 16.6 Å². The molecule has 0 saturated carbocycles. The fourth-order valence-corrected chi connectivity index (χ4v) is 1.99. The maximum absolute atomic E-state index is 13.8. The highest BCUT2D eigenvalue weighted by Crippen LogP contribution is 2.11. The van der Waals surface area contributed by atoms with E-state index in [-0.39, 0.29) is 29.8 Å². The number of anilines is 1. The molecule has 0 unspecified atom stereocenters. The van der Waals surface area contributed by atoms with Crippen LogP contribution in [0.3, 0.4) is 0 Å². The standard InChI is InChI=1S/C15H19FN4O/c1-10(2)20-6-5-18-14(15(20)21)19-9-12-4-3-11(8-17)7-13(12)16/h3-7,10H,8-9,17H2,1-2H3,(H,18,19). The van der Waals surface area contributed by atoms with Crippen LogP contribution >= 0.6 is 0 Å². The van der Waals surface area contributed by atoms with Crippen LogP contribution in [-0.4, -0.2) is 9.55 Å². The van der Waals surface area contributed by atoms with Gasteiger partial charge in [-0.15, -0.1) is 0 Å². The van der Waals surface area contributed by atoms with E-state index in [0.717, 1.165) is 5.56 Å². The zero-order valence-electron chi connectivity index (χ0n) is 12.1. The zero-order valence-corrected chi connectivity index (χ0v) is 12.1. The topological polar surface area (TPSA) is 72.9 Å². The Balaban J connectivity index is 2.17. The summed E-state index contributed by atoms with van der Waals surface area (Å²) >= 11 is 0. The molecule has 2 rings (SSSR count). The Kier molecular flexibility index (Phi) is 4.70. The van der Waals surface area contributed by atoms with Crippen molar-refractivity contribution < 1.29 is 4.39 Å². The van der Waals surface area contributed by atoms with Crippen LogP contribution in [0.15, 0.2) is 35.4 Å². The monoisotopic (exact) mass is 290 g/mol. The van der Waals surface area contributed by atoms with Gasteiger partial charge in [-0.1, -0.05) is 12.1 Å². The third kappa shape index (κ3) is 3.46. The van der Waals surface area contributed by atoms with Crippen molar-refractivity contribution in [2.45, 2.75) is 33.0 Å². The number of hydrogen-bond acceptors (Lipinski definition) is 4. The Morgan fingerprint density at radius 1 is 1.43 bits per heavy atom. The van der Waals surface area contributed by atoms with Gasteiger partial charge in [-0.25, -0.2) is 9.37 Å². The fraction of sp³-hybridized carbons (Fsp3) is 0.333. The molecular weight excluding hydrogens is 271 g/mol. The average Bonchev–Trinajstić information content (AvgIpc) is 2.46. The number of nitrogens with two attached hydrogens (primary N) is 1. The Hall–Kier alpha value is -2.21. The molecule has 0 saturated heterocycles. The molecule has 0 aliphatic carbocycles. The number of hydrogen-bond donors (Lipinski definition) is 2. The summed E-state index contributed by atoms with van der Waals surface area (Å²) in [5, 5.41) is 2.89. The van der Waals surface area contributed by atoms with Crippen molar-refractivity contribution in [3.8, 4) is 0 Å². The molecule has 0 aliphatic heterocycles. The van der Waals surface area contributed by atoms with Crippen LogP contribution in [0.2, 0.25) is 0 Å². The lowest BCUT2D eigenvalue weighted by molar-refractivity contribution is 0.574. The molecule has 6 heteroatoms. The largest absolute Gasteiger partial charge is 0.361 e. The summed E-state index contributed by atoms with van der Waals surface area (Å²) in [6.45, 7) is 4.32. The van der Waals surface area contributed by atoms with Gasteiger partial charge >= 0.3 is 0 Å². The van der Waals surface area contributed by atoms with Gasteiger partial charge in [0.15, 0.2) is 5.82 Å². The molecule has 1 aromatic carbocycles.